The van der Waals surface area contributed by atoms with Crippen molar-refractivity contribution in [2.45, 2.75) is 44.7 Å². The van der Waals surface area contributed by atoms with E-state index in [0.717, 1.165) is 19.3 Å². The Kier molecular flexibility index (Phi) is 3.56. The van der Waals surface area contributed by atoms with Crippen LogP contribution >= 0.6 is 0 Å². The lowest BCUT2D eigenvalue weighted by atomic mass is 10.2. The van der Waals surface area contributed by atoms with Gasteiger partial charge in [0.1, 0.15) is 0 Å². The second kappa shape index (κ2) is 4.70. The monoisotopic (exact) mass is 181 g/mol. The van der Waals surface area contributed by atoms with Crippen molar-refractivity contribution in [2.75, 3.05) is 0 Å². The average molecular weight is 181 g/mol. The Morgan fingerprint density at radius 2 is 2.38 bits per heavy atom. The van der Waals surface area contributed by atoms with Crippen LogP contribution in [0.5, 0.6) is 0 Å². The summed E-state index contributed by atoms with van der Waals surface area (Å²) < 4.78 is 0. The Hall–Kier alpha value is -1.24. The van der Waals surface area contributed by atoms with Crippen molar-refractivity contribution >= 4 is 6.03 Å². The molecule has 0 heterocycles. The Labute approximate surface area is 78.3 Å². The van der Waals surface area contributed by atoms with Gasteiger partial charge in [0.25, 0.3) is 0 Å². The van der Waals surface area contributed by atoms with Gasteiger partial charge >= 0.3 is 6.03 Å². The van der Waals surface area contributed by atoms with Crippen molar-refractivity contribution in [1.82, 2.24) is 10.6 Å². The number of nitrogens with zero attached hydrogens (tertiary/aromatic N) is 1. The molecular weight excluding hydrogens is 166 g/mol. The summed E-state index contributed by atoms with van der Waals surface area (Å²) in [4.78, 5) is 11.2. The van der Waals surface area contributed by atoms with Gasteiger partial charge < -0.3 is 10.6 Å². The van der Waals surface area contributed by atoms with Crippen LogP contribution in [0, 0.1) is 11.3 Å². The third-order valence-electron chi connectivity index (χ3n) is 2.08. The second-order valence-corrected chi connectivity index (χ2v) is 3.36. The highest BCUT2D eigenvalue weighted by Crippen LogP contribution is 2.18. The molecule has 2 N–H and O–H groups in total. The predicted octanol–water partition coefficient (Wildman–Crippen LogP) is 1.14. The molecule has 1 unspecified atom stereocenters. The van der Waals surface area contributed by atoms with Gasteiger partial charge in [0.05, 0.1) is 12.5 Å². The summed E-state index contributed by atoms with van der Waals surface area (Å²) in [5.41, 5.74) is 0. The van der Waals surface area contributed by atoms with Gasteiger partial charge in [-0.3, -0.25) is 0 Å². The molecule has 0 aromatic carbocycles. The maximum Gasteiger partial charge on any atom is 0.315 e. The number of nitriles is 1. The first-order valence-corrected chi connectivity index (χ1v) is 4.70. The fourth-order valence-corrected chi connectivity index (χ4v) is 1.05. The van der Waals surface area contributed by atoms with Crippen LogP contribution in [0.1, 0.15) is 32.6 Å². The maximum absolute atomic E-state index is 11.2. The largest absolute Gasteiger partial charge is 0.335 e. The normalized spacial score (nSPS) is 17.2. The van der Waals surface area contributed by atoms with E-state index in [1.807, 2.05) is 6.92 Å². The molecule has 1 rings (SSSR count). The van der Waals surface area contributed by atoms with E-state index in [4.69, 9.17) is 5.26 Å². The maximum atomic E-state index is 11.2. The molecule has 4 nitrogen and oxygen atoms in total. The number of hydrogen-bond donors (Lipinski definition) is 2. The summed E-state index contributed by atoms with van der Waals surface area (Å²) in [6, 6.07) is 2.28. The smallest absolute Gasteiger partial charge is 0.315 e. The van der Waals surface area contributed by atoms with Gasteiger partial charge in [0.2, 0.25) is 0 Å². The number of carbonyl (C=O) groups excluding carboxylic acids is 1. The first-order chi connectivity index (χ1) is 6.26. The minimum absolute atomic E-state index is 0.0104. The molecule has 0 saturated heterocycles. The molecule has 4 heteroatoms. The summed E-state index contributed by atoms with van der Waals surface area (Å²) in [5, 5.41) is 14.0. The molecule has 1 aliphatic carbocycles. The molecule has 0 radical (unpaired) electrons. The van der Waals surface area contributed by atoms with Crippen molar-refractivity contribution in [3.05, 3.63) is 0 Å². The SMILES string of the molecule is CCC(CC#N)NC(=O)NC1CC1. The molecule has 1 fully saturated rings. The zero-order valence-corrected chi connectivity index (χ0v) is 7.84. The molecule has 1 aliphatic rings. The topological polar surface area (TPSA) is 64.9 Å². The van der Waals surface area contributed by atoms with Crippen LogP contribution in [0.25, 0.3) is 0 Å². The van der Waals surface area contributed by atoms with Crippen molar-refractivity contribution < 1.29 is 4.79 Å². The Morgan fingerprint density at radius 3 is 2.85 bits per heavy atom. The lowest BCUT2D eigenvalue weighted by Crippen LogP contribution is -2.42. The third-order valence-corrected chi connectivity index (χ3v) is 2.08. The van der Waals surface area contributed by atoms with E-state index in [2.05, 4.69) is 16.7 Å². The average Bonchev–Trinajstić information content (AvgIpc) is 2.87. The van der Waals surface area contributed by atoms with Crippen LogP contribution in [-0.2, 0) is 0 Å². The molecule has 0 spiro atoms. The van der Waals surface area contributed by atoms with Crippen molar-refractivity contribution in [1.29, 1.82) is 5.26 Å². The van der Waals surface area contributed by atoms with E-state index in [-0.39, 0.29) is 12.1 Å². The highest BCUT2D eigenvalue weighted by atomic mass is 16.2. The summed E-state index contributed by atoms with van der Waals surface area (Å²) in [5.74, 6) is 0. The number of amides is 2. The minimum atomic E-state index is -0.135. The van der Waals surface area contributed by atoms with E-state index >= 15 is 0 Å². The minimum Gasteiger partial charge on any atom is -0.335 e. The van der Waals surface area contributed by atoms with E-state index in [1.54, 1.807) is 0 Å². The van der Waals surface area contributed by atoms with E-state index in [1.165, 1.54) is 0 Å². The summed E-state index contributed by atoms with van der Waals surface area (Å²) in [7, 11) is 0. The lowest BCUT2D eigenvalue weighted by molar-refractivity contribution is 0.236. The van der Waals surface area contributed by atoms with E-state index < -0.39 is 0 Å². The quantitative estimate of drug-likeness (QED) is 0.683. The van der Waals surface area contributed by atoms with Crippen LogP contribution in [0.3, 0.4) is 0 Å². The summed E-state index contributed by atoms with van der Waals surface area (Å²) in [6.07, 6.45) is 3.35. The van der Waals surface area contributed by atoms with Crippen LogP contribution in [-0.4, -0.2) is 18.1 Å². The number of urea groups is 1. The first kappa shape index (κ1) is 9.85. The van der Waals surface area contributed by atoms with Gasteiger partial charge in [-0.15, -0.1) is 0 Å². The standard InChI is InChI=1S/C9H15N3O/c1-2-7(5-6-10)11-9(13)12-8-3-4-8/h7-8H,2-5H2,1H3,(H2,11,12,13). The van der Waals surface area contributed by atoms with E-state index in [9.17, 15) is 4.79 Å². The predicted molar refractivity (Wildman–Crippen MR) is 49.0 cm³/mol. The van der Waals surface area contributed by atoms with E-state index in [0.29, 0.717) is 12.5 Å². The van der Waals surface area contributed by atoms with Gasteiger partial charge in [-0.25, -0.2) is 4.79 Å². The zero-order valence-electron chi connectivity index (χ0n) is 7.84. The Balaban J connectivity index is 2.19. The van der Waals surface area contributed by atoms with Crippen LogP contribution in [0.4, 0.5) is 4.79 Å². The van der Waals surface area contributed by atoms with Crippen molar-refractivity contribution in [3.8, 4) is 6.07 Å². The van der Waals surface area contributed by atoms with Crippen LogP contribution < -0.4 is 10.6 Å². The van der Waals surface area contributed by atoms with Gasteiger partial charge in [0.15, 0.2) is 0 Å². The molecule has 0 bridgehead atoms. The molecular formula is C9H15N3O. The molecule has 72 valence electrons. The van der Waals surface area contributed by atoms with Crippen LogP contribution in [0.2, 0.25) is 0 Å². The highest BCUT2D eigenvalue weighted by Gasteiger charge is 2.23. The molecule has 0 aromatic rings. The second-order valence-electron chi connectivity index (χ2n) is 3.36. The van der Waals surface area contributed by atoms with Crippen LogP contribution in [0.15, 0.2) is 0 Å². The molecule has 0 aliphatic heterocycles. The third kappa shape index (κ3) is 3.79. The molecule has 1 atom stereocenters. The summed E-state index contributed by atoms with van der Waals surface area (Å²) in [6.45, 7) is 1.96. The molecule has 0 aromatic heterocycles. The lowest BCUT2D eigenvalue weighted by Gasteiger charge is -2.13. The Morgan fingerprint density at radius 1 is 1.69 bits per heavy atom. The van der Waals surface area contributed by atoms with Crippen molar-refractivity contribution in [3.63, 3.8) is 0 Å². The number of carbonyl (C=O) groups is 1. The first-order valence-electron chi connectivity index (χ1n) is 4.70. The van der Waals surface area contributed by atoms with Gasteiger partial charge in [-0.1, -0.05) is 6.92 Å². The van der Waals surface area contributed by atoms with Gasteiger partial charge in [-0.05, 0) is 19.3 Å². The van der Waals surface area contributed by atoms with Crippen molar-refractivity contribution in [2.24, 2.45) is 0 Å². The number of nitrogens with one attached hydrogen (secondary N) is 2. The highest BCUT2D eigenvalue weighted by molar-refractivity contribution is 5.74. The number of hydrogen-bond acceptors (Lipinski definition) is 2. The van der Waals surface area contributed by atoms with Gasteiger partial charge in [0, 0.05) is 12.1 Å². The molecule has 2 amide bonds. The molecule has 13 heavy (non-hydrogen) atoms. The zero-order chi connectivity index (χ0) is 9.68. The number of rotatable bonds is 4. The van der Waals surface area contributed by atoms with Gasteiger partial charge in [-0.2, -0.15) is 5.26 Å². The fourth-order valence-electron chi connectivity index (χ4n) is 1.05. The summed E-state index contributed by atoms with van der Waals surface area (Å²) >= 11 is 0. The Bertz CT molecular complexity index is 217. The fraction of sp³-hybridized carbons (Fsp3) is 0.778. The molecule has 1 saturated carbocycles.